The second-order valence-corrected chi connectivity index (χ2v) is 4.29. The van der Waals surface area contributed by atoms with Gasteiger partial charge >= 0.3 is 5.69 Å². The molecule has 0 radical (unpaired) electrons. The van der Waals surface area contributed by atoms with Gasteiger partial charge in [0, 0.05) is 12.3 Å². The molecule has 3 aromatic rings. The second kappa shape index (κ2) is 4.33. The van der Waals surface area contributed by atoms with Gasteiger partial charge in [-0.15, -0.1) is 0 Å². The molecule has 94 valence electrons. The van der Waals surface area contributed by atoms with Crippen molar-refractivity contribution in [2.75, 3.05) is 0 Å². The van der Waals surface area contributed by atoms with Crippen molar-refractivity contribution < 1.29 is 4.92 Å². The first-order valence-electron chi connectivity index (χ1n) is 5.39. The molecule has 0 atom stereocenters. The Morgan fingerprint density at radius 3 is 2.84 bits per heavy atom. The number of hydrogen-bond acceptors (Lipinski definition) is 4. The average molecular weight is 275 g/mol. The van der Waals surface area contributed by atoms with Crippen molar-refractivity contribution >= 4 is 28.3 Å². The molecule has 0 saturated carbocycles. The van der Waals surface area contributed by atoms with Crippen molar-refractivity contribution in [1.29, 1.82) is 0 Å². The van der Waals surface area contributed by atoms with E-state index in [4.69, 9.17) is 11.6 Å². The van der Waals surface area contributed by atoms with Gasteiger partial charge in [-0.1, -0.05) is 23.7 Å². The molecule has 7 heteroatoms. The summed E-state index contributed by atoms with van der Waals surface area (Å²) in [5.74, 6) is 0.197. The summed E-state index contributed by atoms with van der Waals surface area (Å²) >= 11 is 5.75. The van der Waals surface area contributed by atoms with Crippen LogP contribution in [-0.4, -0.2) is 19.5 Å². The third-order valence-electron chi connectivity index (χ3n) is 2.69. The summed E-state index contributed by atoms with van der Waals surface area (Å²) in [7, 11) is 0. The van der Waals surface area contributed by atoms with E-state index in [0.717, 1.165) is 11.0 Å². The minimum absolute atomic E-state index is 0.157. The Morgan fingerprint density at radius 1 is 1.26 bits per heavy atom. The summed E-state index contributed by atoms with van der Waals surface area (Å²) in [6, 6.07) is 8.61. The lowest BCUT2D eigenvalue weighted by Crippen LogP contribution is -2.01. The van der Waals surface area contributed by atoms with E-state index < -0.39 is 4.92 Å². The molecule has 1 aromatic carbocycles. The Hall–Kier alpha value is -2.47. The Morgan fingerprint density at radius 2 is 2.05 bits per heavy atom. The number of pyridine rings is 1. The lowest BCUT2D eigenvalue weighted by atomic mass is 10.3. The number of para-hydroxylation sites is 2. The van der Waals surface area contributed by atoms with Crippen molar-refractivity contribution in [2.45, 2.75) is 0 Å². The summed E-state index contributed by atoms with van der Waals surface area (Å²) in [6.07, 6.45) is 2.88. The molecule has 6 nitrogen and oxygen atoms in total. The van der Waals surface area contributed by atoms with Gasteiger partial charge in [0.25, 0.3) is 0 Å². The van der Waals surface area contributed by atoms with E-state index in [0.29, 0.717) is 0 Å². The standard InChI is InChI=1S/C12H7ClN4O2/c13-8-5-11(17(18)19)12(14-6-8)16-7-15-9-3-1-2-4-10(9)16/h1-7H. The van der Waals surface area contributed by atoms with E-state index in [-0.39, 0.29) is 16.5 Å². The molecular weight excluding hydrogens is 268 g/mol. The van der Waals surface area contributed by atoms with Gasteiger partial charge < -0.3 is 0 Å². The highest BCUT2D eigenvalue weighted by atomic mass is 35.5. The molecule has 2 heterocycles. The summed E-state index contributed by atoms with van der Waals surface area (Å²) in [5.41, 5.74) is 1.34. The van der Waals surface area contributed by atoms with E-state index in [1.807, 2.05) is 24.3 Å². The van der Waals surface area contributed by atoms with Gasteiger partial charge in [-0.25, -0.2) is 9.97 Å². The highest BCUT2D eigenvalue weighted by molar-refractivity contribution is 6.30. The SMILES string of the molecule is O=[N+]([O-])c1cc(Cl)cnc1-n1cnc2ccccc21. The van der Waals surface area contributed by atoms with Crippen LogP contribution in [0.5, 0.6) is 0 Å². The fourth-order valence-corrected chi connectivity index (χ4v) is 2.02. The first-order chi connectivity index (χ1) is 9.16. The molecule has 0 unspecified atom stereocenters. The molecule has 19 heavy (non-hydrogen) atoms. The highest BCUT2D eigenvalue weighted by Gasteiger charge is 2.19. The van der Waals surface area contributed by atoms with Crippen molar-refractivity contribution in [3.05, 3.63) is 58.0 Å². The molecule has 2 aromatic heterocycles. The maximum absolute atomic E-state index is 11.1. The van der Waals surface area contributed by atoms with Crippen LogP contribution < -0.4 is 0 Å². The van der Waals surface area contributed by atoms with E-state index in [2.05, 4.69) is 9.97 Å². The van der Waals surface area contributed by atoms with Crippen LogP contribution in [0.25, 0.3) is 16.9 Å². The quantitative estimate of drug-likeness (QED) is 0.532. The largest absolute Gasteiger partial charge is 0.313 e. The molecule has 0 amide bonds. The lowest BCUT2D eigenvalue weighted by Gasteiger charge is -2.04. The molecule has 0 fully saturated rings. The monoisotopic (exact) mass is 274 g/mol. The van der Waals surface area contributed by atoms with Gasteiger partial charge in [0.1, 0.15) is 6.33 Å². The fourth-order valence-electron chi connectivity index (χ4n) is 1.87. The number of rotatable bonds is 2. The minimum atomic E-state index is -0.511. The zero-order valence-electron chi connectivity index (χ0n) is 9.52. The van der Waals surface area contributed by atoms with Crippen molar-refractivity contribution in [1.82, 2.24) is 14.5 Å². The second-order valence-electron chi connectivity index (χ2n) is 3.86. The zero-order chi connectivity index (χ0) is 13.4. The van der Waals surface area contributed by atoms with E-state index in [1.54, 1.807) is 4.57 Å². The van der Waals surface area contributed by atoms with Crippen LogP contribution >= 0.6 is 11.6 Å². The summed E-state index contributed by atoms with van der Waals surface area (Å²) < 4.78 is 1.57. The molecular formula is C12H7ClN4O2. The Kier molecular flexibility index (Phi) is 2.64. The third kappa shape index (κ3) is 1.92. The van der Waals surface area contributed by atoms with Crippen LogP contribution in [0.2, 0.25) is 5.02 Å². The lowest BCUT2D eigenvalue weighted by molar-refractivity contribution is -0.384. The van der Waals surface area contributed by atoms with Gasteiger partial charge in [0.2, 0.25) is 5.82 Å². The van der Waals surface area contributed by atoms with Gasteiger partial charge in [-0.3, -0.25) is 14.7 Å². The van der Waals surface area contributed by atoms with E-state index >= 15 is 0 Å². The Labute approximate surface area is 112 Å². The van der Waals surface area contributed by atoms with E-state index in [9.17, 15) is 10.1 Å². The number of benzene rings is 1. The van der Waals surface area contributed by atoms with Crippen molar-refractivity contribution in [2.24, 2.45) is 0 Å². The van der Waals surface area contributed by atoms with Crippen molar-refractivity contribution in [3.8, 4) is 5.82 Å². The number of hydrogen-bond donors (Lipinski definition) is 0. The first-order valence-corrected chi connectivity index (χ1v) is 5.77. The van der Waals surface area contributed by atoms with Crippen LogP contribution in [-0.2, 0) is 0 Å². The fraction of sp³-hybridized carbons (Fsp3) is 0. The number of nitrogens with zero attached hydrogens (tertiary/aromatic N) is 4. The van der Waals surface area contributed by atoms with Crippen LogP contribution in [0.15, 0.2) is 42.9 Å². The molecule has 0 aliphatic carbocycles. The van der Waals surface area contributed by atoms with Crippen LogP contribution in [0.1, 0.15) is 0 Å². The van der Waals surface area contributed by atoms with Crippen molar-refractivity contribution in [3.63, 3.8) is 0 Å². The molecule has 0 bridgehead atoms. The predicted octanol–water partition coefficient (Wildman–Crippen LogP) is 2.98. The molecule has 0 saturated heterocycles. The topological polar surface area (TPSA) is 73.8 Å². The molecule has 0 aliphatic rings. The first kappa shape index (κ1) is 11.6. The van der Waals surface area contributed by atoms with Crippen LogP contribution in [0.4, 0.5) is 5.69 Å². The molecule has 0 aliphatic heterocycles. The third-order valence-corrected chi connectivity index (χ3v) is 2.90. The van der Waals surface area contributed by atoms with Crippen LogP contribution in [0.3, 0.4) is 0 Å². The highest BCUT2D eigenvalue weighted by Crippen LogP contribution is 2.26. The van der Waals surface area contributed by atoms with Gasteiger partial charge in [-0.2, -0.15) is 0 Å². The maximum atomic E-state index is 11.1. The number of nitro groups is 1. The molecule has 3 rings (SSSR count). The minimum Gasteiger partial charge on any atom is -0.277 e. The van der Waals surface area contributed by atoms with E-state index in [1.165, 1.54) is 18.6 Å². The zero-order valence-corrected chi connectivity index (χ0v) is 10.3. The molecule has 0 spiro atoms. The number of halogens is 1. The number of imidazole rings is 1. The number of fused-ring (bicyclic) bond motifs is 1. The summed E-state index contributed by atoms with van der Waals surface area (Å²) in [4.78, 5) is 18.8. The maximum Gasteiger partial charge on any atom is 0.313 e. The normalized spacial score (nSPS) is 10.8. The Bertz CT molecular complexity index is 784. The summed E-state index contributed by atoms with van der Waals surface area (Å²) in [6.45, 7) is 0. The van der Waals surface area contributed by atoms with Gasteiger partial charge in [-0.05, 0) is 12.1 Å². The van der Waals surface area contributed by atoms with Crippen LogP contribution in [0, 0.1) is 10.1 Å². The summed E-state index contributed by atoms with van der Waals surface area (Å²) in [5, 5.41) is 11.3. The average Bonchev–Trinajstić information content (AvgIpc) is 2.82. The van der Waals surface area contributed by atoms with Gasteiger partial charge in [0.05, 0.1) is 21.0 Å². The number of aromatic nitrogens is 3. The Balaban J connectivity index is 2.30. The predicted molar refractivity (Wildman–Crippen MR) is 70.5 cm³/mol. The van der Waals surface area contributed by atoms with Gasteiger partial charge in [0.15, 0.2) is 0 Å². The smallest absolute Gasteiger partial charge is 0.277 e. The molecule has 0 N–H and O–H groups in total.